The maximum absolute atomic E-state index is 9.58. The van der Waals surface area contributed by atoms with E-state index in [0.717, 1.165) is 0 Å². The van der Waals surface area contributed by atoms with Crippen LogP contribution in [0.5, 0.6) is 5.75 Å². The second kappa shape index (κ2) is 4.17. The van der Waals surface area contributed by atoms with Gasteiger partial charge in [0.15, 0.2) is 0 Å². The van der Waals surface area contributed by atoms with Crippen LogP contribution >= 0.6 is 11.6 Å². The molecule has 0 saturated carbocycles. The van der Waals surface area contributed by atoms with E-state index < -0.39 is 6.10 Å². The van der Waals surface area contributed by atoms with Crippen LogP contribution in [0.2, 0.25) is 5.02 Å². The van der Waals surface area contributed by atoms with Crippen LogP contribution in [0, 0.1) is 13.8 Å². The quantitative estimate of drug-likeness (QED) is 0.703. The van der Waals surface area contributed by atoms with E-state index in [9.17, 15) is 10.2 Å². The molecule has 0 amide bonds. The van der Waals surface area contributed by atoms with E-state index in [0.29, 0.717) is 16.7 Å². The average molecular weight is 216 g/mol. The minimum Gasteiger partial charge on any atom is -0.506 e. The monoisotopic (exact) mass is 215 g/mol. The van der Waals surface area contributed by atoms with E-state index in [-0.39, 0.29) is 17.3 Å². The van der Waals surface area contributed by atoms with E-state index in [2.05, 4.69) is 0 Å². The first-order chi connectivity index (χ1) is 6.49. The second-order valence-electron chi connectivity index (χ2n) is 3.32. The lowest BCUT2D eigenvalue weighted by molar-refractivity contribution is 0.186. The fraction of sp³-hybridized carbons (Fsp3) is 0.400. The molecule has 1 unspecified atom stereocenters. The molecule has 0 aromatic heterocycles. The summed E-state index contributed by atoms with van der Waals surface area (Å²) < 4.78 is 0. The number of hydrogen-bond acceptors (Lipinski definition) is 3. The van der Waals surface area contributed by atoms with Crippen molar-refractivity contribution in [3.63, 3.8) is 0 Å². The number of halogens is 1. The van der Waals surface area contributed by atoms with Gasteiger partial charge in [0, 0.05) is 6.54 Å². The number of aromatic hydroxyl groups is 1. The lowest BCUT2D eigenvalue weighted by Gasteiger charge is -2.15. The van der Waals surface area contributed by atoms with Crippen molar-refractivity contribution in [2.24, 2.45) is 5.73 Å². The van der Waals surface area contributed by atoms with Gasteiger partial charge in [-0.2, -0.15) is 0 Å². The normalized spacial score (nSPS) is 12.9. The molecule has 0 aliphatic heterocycles. The van der Waals surface area contributed by atoms with Gasteiger partial charge in [-0.1, -0.05) is 11.6 Å². The van der Waals surface area contributed by atoms with Crippen molar-refractivity contribution in [1.82, 2.24) is 0 Å². The molecule has 1 rings (SSSR count). The van der Waals surface area contributed by atoms with Crippen molar-refractivity contribution < 1.29 is 10.2 Å². The van der Waals surface area contributed by atoms with Crippen LogP contribution in [0.3, 0.4) is 0 Å². The van der Waals surface area contributed by atoms with Crippen LogP contribution in [0.25, 0.3) is 0 Å². The predicted octanol–water partition coefficient (Wildman–Crippen LogP) is 1.65. The highest BCUT2D eigenvalue weighted by atomic mass is 35.5. The number of phenolic OH excluding ortho intramolecular Hbond substituents is 1. The Morgan fingerprint density at radius 3 is 2.57 bits per heavy atom. The number of nitrogens with two attached hydrogens (primary N) is 1. The molecule has 1 atom stereocenters. The summed E-state index contributed by atoms with van der Waals surface area (Å²) in [5, 5.41) is 19.4. The molecular weight excluding hydrogens is 202 g/mol. The maximum Gasteiger partial charge on any atom is 0.137 e. The lowest BCUT2D eigenvalue weighted by atomic mass is 10.00. The molecule has 0 aliphatic rings. The standard InChI is InChI=1S/C10H14ClNO2/c1-5-3-7(8(13)4-12)6(2)9(11)10(5)14/h3,8,13-14H,4,12H2,1-2H3. The van der Waals surface area contributed by atoms with Gasteiger partial charge in [-0.15, -0.1) is 0 Å². The summed E-state index contributed by atoms with van der Waals surface area (Å²) in [5.41, 5.74) is 7.35. The first kappa shape index (κ1) is 11.3. The molecule has 1 aromatic carbocycles. The van der Waals surface area contributed by atoms with Gasteiger partial charge in [-0.05, 0) is 36.6 Å². The number of hydrogen-bond donors (Lipinski definition) is 3. The highest BCUT2D eigenvalue weighted by Gasteiger charge is 2.15. The Bertz CT molecular complexity index is 352. The lowest BCUT2D eigenvalue weighted by Crippen LogP contribution is -2.13. The topological polar surface area (TPSA) is 66.5 Å². The van der Waals surface area contributed by atoms with Gasteiger partial charge in [0.2, 0.25) is 0 Å². The minimum atomic E-state index is -0.730. The Labute approximate surface area is 88.1 Å². The number of aliphatic hydroxyl groups excluding tert-OH is 1. The van der Waals surface area contributed by atoms with Crippen LogP contribution in [0.15, 0.2) is 6.07 Å². The Kier molecular flexibility index (Phi) is 3.37. The van der Waals surface area contributed by atoms with Gasteiger partial charge < -0.3 is 15.9 Å². The number of aliphatic hydroxyl groups is 1. The van der Waals surface area contributed by atoms with Gasteiger partial charge in [-0.25, -0.2) is 0 Å². The molecule has 0 aliphatic carbocycles. The molecule has 1 aromatic rings. The van der Waals surface area contributed by atoms with Crippen molar-refractivity contribution in [1.29, 1.82) is 0 Å². The van der Waals surface area contributed by atoms with Gasteiger partial charge >= 0.3 is 0 Å². The molecule has 0 spiro atoms. The molecule has 0 saturated heterocycles. The Balaban J connectivity index is 3.33. The van der Waals surface area contributed by atoms with Crippen molar-refractivity contribution in [3.8, 4) is 5.75 Å². The van der Waals surface area contributed by atoms with E-state index in [1.54, 1.807) is 19.9 Å². The number of rotatable bonds is 2. The van der Waals surface area contributed by atoms with Gasteiger partial charge in [0.05, 0.1) is 11.1 Å². The van der Waals surface area contributed by atoms with Crippen molar-refractivity contribution in [2.75, 3.05) is 6.54 Å². The first-order valence-electron chi connectivity index (χ1n) is 4.35. The number of benzene rings is 1. The van der Waals surface area contributed by atoms with Gasteiger partial charge in [-0.3, -0.25) is 0 Å². The van der Waals surface area contributed by atoms with Crippen LogP contribution in [-0.2, 0) is 0 Å². The molecule has 3 nitrogen and oxygen atoms in total. The van der Waals surface area contributed by atoms with Crippen molar-refractivity contribution in [2.45, 2.75) is 20.0 Å². The summed E-state index contributed by atoms with van der Waals surface area (Å²) in [6.07, 6.45) is -0.730. The fourth-order valence-electron chi connectivity index (χ4n) is 1.36. The number of phenols is 1. The van der Waals surface area contributed by atoms with Gasteiger partial charge in [0.25, 0.3) is 0 Å². The molecular formula is C10H14ClNO2. The van der Waals surface area contributed by atoms with Crippen LogP contribution in [0.4, 0.5) is 0 Å². The summed E-state index contributed by atoms with van der Waals surface area (Å²) in [5.74, 6) is 0.0668. The third-order valence-electron chi connectivity index (χ3n) is 2.30. The highest BCUT2D eigenvalue weighted by Crippen LogP contribution is 2.34. The minimum absolute atomic E-state index is 0.0668. The van der Waals surface area contributed by atoms with Crippen LogP contribution in [0.1, 0.15) is 22.8 Å². The molecule has 0 radical (unpaired) electrons. The Morgan fingerprint density at radius 1 is 1.50 bits per heavy atom. The third kappa shape index (κ3) is 1.85. The van der Waals surface area contributed by atoms with E-state index >= 15 is 0 Å². The zero-order valence-corrected chi connectivity index (χ0v) is 8.97. The summed E-state index contributed by atoms with van der Waals surface area (Å²) in [7, 11) is 0. The van der Waals surface area contributed by atoms with Crippen LogP contribution in [-0.4, -0.2) is 16.8 Å². The Hall–Kier alpha value is -0.770. The zero-order valence-electron chi connectivity index (χ0n) is 8.21. The average Bonchev–Trinajstić information content (AvgIpc) is 2.19. The third-order valence-corrected chi connectivity index (χ3v) is 2.76. The summed E-state index contributed by atoms with van der Waals surface area (Å²) in [6.45, 7) is 3.62. The molecule has 0 heterocycles. The van der Waals surface area contributed by atoms with Crippen molar-refractivity contribution in [3.05, 3.63) is 27.8 Å². The summed E-state index contributed by atoms with van der Waals surface area (Å²) in [4.78, 5) is 0. The molecule has 4 N–H and O–H groups in total. The smallest absolute Gasteiger partial charge is 0.137 e. The molecule has 4 heteroatoms. The van der Waals surface area contributed by atoms with E-state index in [4.69, 9.17) is 17.3 Å². The first-order valence-corrected chi connectivity index (χ1v) is 4.73. The summed E-state index contributed by atoms with van der Waals surface area (Å²) >= 11 is 5.89. The molecule has 0 bridgehead atoms. The highest BCUT2D eigenvalue weighted by molar-refractivity contribution is 6.33. The van der Waals surface area contributed by atoms with E-state index in [1.165, 1.54) is 0 Å². The van der Waals surface area contributed by atoms with E-state index in [1.807, 2.05) is 0 Å². The van der Waals surface area contributed by atoms with Crippen LogP contribution < -0.4 is 5.73 Å². The number of aryl methyl sites for hydroxylation is 1. The SMILES string of the molecule is Cc1cc(C(O)CN)c(C)c(Cl)c1O. The molecule has 0 fully saturated rings. The Morgan fingerprint density at radius 2 is 2.07 bits per heavy atom. The molecule has 78 valence electrons. The van der Waals surface area contributed by atoms with Crippen molar-refractivity contribution >= 4 is 11.6 Å². The largest absolute Gasteiger partial charge is 0.506 e. The predicted molar refractivity (Wildman–Crippen MR) is 56.6 cm³/mol. The summed E-state index contributed by atoms with van der Waals surface area (Å²) in [6, 6.07) is 1.70. The maximum atomic E-state index is 9.58. The zero-order chi connectivity index (χ0) is 10.9. The van der Waals surface area contributed by atoms with Gasteiger partial charge in [0.1, 0.15) is 5.75 Å². The second-order valence-corrected chi connectivity index (χ2v) is 3.70. The molecule has 14 heavy (non-hydrogen) atoms. The fourth-order valence-corrected chi connectivity index (χ4v) is 1.62.